The Morgan fingerprint density at radius 3 is 1.07 bits per heavy atom. The minimum atomic E-state index is -1.13. The summed E-state index contributed by atoms with van der Waals surface area (Å²) in [5.41, 5.74) is 0. The van der Waals surface area contributed by atoms with Gasteiger partial charge in [0, 0.05) is 6.42 Å². The fourth-order valence-electron chi connectivity index (χ4n) is 6.52. The van der Waals surface area contributed by atoms with Gasteiger partial charge in [-0.1, -0.05) is 206 Å². The standard InChI is InChI=1S/C40H81NO4/c1-3-5-7-9-11-13-15-17-18-19-20-21-23-24-26-28-30-32-34-38(43)40(45)37(36-42)41-39(44)35-33-31-29-27-25-22-16-14-12-10-8-6-4-2/h37-38,40,42-43,45H,3-36H2,1-2H3,(H,41,44). The van der Waals surface area contributed by atoms with Crippen molar-refractivity contribution >= 4 is 5.91 Å². The molecule has 0 fully saturated rings. The molecule has 0 radical (unpaired) electrons. The first-order valence-corrected chi connectivity index (χ1v) is 20.3. The van der Waals surface area contributed by atoms with Gasteiger partial charge in [-0.05, 0) is 12.8 Å². The number of aliphatic hydroxyl groups is 3. The van der Waals surface area contributed by atoms with Crippen molar-refractivity contribution in [2.75, 3.05) is 6.61 Å². The highest BCUT2D eigenvalue weighted by molar-refractivity contribution is 5.76. The Balaban J connectivity index is 3.61. The van der Waals surface area contributed by atoms with E-state index >= 15 is 0 Å². The molecule has 0 aliphatic carbocycles. The SMILES string of the molecule is CCCCCCCCCCCCCCCCCCCCC(O)C(O)C(CO)NC(=O)CCCCCCCCCCCCCCC. The molecule has 0 aromatic heterocycles. The molecule has 0 spiro atoms. The second-order valence-electron chi connectivity index (χ2n) is 14.2. The van der Waals surface area contributed by atoms with Gasteiger partial charge in [0.15, 0.2) is 0 Å². The molecule has 45 heavy (non-hydrogen) atoms. The van der Waals surface area contributed by atoms with Crippen LogP contribution in [-0.4, -0.2) is 46.1 Å². The molecule has 1 amide bonds. The van der Waals surface area contributed by atoms with E-state index in [1.54, 1.807) is 0 Å². The molecular weight excluding hydrogens is 558 g/mol. The van der Waals surface area contributed by atoms with E-state index in [1.807, 2.05) is 0 Å². The molecule has 3 unspecified atom stereocenters. The number of amides is 1. The van der Waals surface area contributed by atoms with Crippen LogP contribution in [0.5, 0.6) is 0 Å². The highest BCUT2D eigenvalue weighted by atomic mass is 16.3. The van der Waals surface area contributed by atoms with E-state index in [1.165, 1.54) is 167 Å². The number of rotatable bonds is 37. The van der Waals surface area contributed by atoms with E-state index in [0.29, 0.717) is 12.8 Å². The number of hydrogen-bond donors (Lipinski definition) is 4. The number of hydrogen-bond acceptors (Lipinski definition) is 4. The minimum Gasteiger partial charge on any atom is -0.394 e. The van der Waals surface area contributed by atoms with Crippen molar-refractivity contribution in [3.05, 3.63) is 0 Å². The molecule has 4 N–H and O–H groups in total. The van der Waals surface area contributed by atoms with E-state index in [0.717, 1.165) is 32.1 Å². The van der Waals surface area contributed by atoms with Crippen LogP contribution in [0.1, 0.15) is 226 Å². The third kappa shape index (κ3) is 31.7. The first kappa shape index (κ1) is 44.4. The van der Waals surface area contributed by atoms with Gasteiger partial charge in [0.1, 0.15) is 6.10 Å². The zero-order valence-electron chi connectivity index (χ0n) is 30.5. The van der Waals surface area contributed by atoms with E-state index in [2.05, 4.69) is 19.2 Å². The number of carbonyl (C=O) groups excluding carboxylic acids is 1. The summed E-state index contributed by atoms with van der Waals surface area (Å²) in [5, 5.41) is 33.5. The average molecular weight is 640 g/mol. The van der Waals surface area contributed by atoms with Crippen LogP contribution in [0.4, 0.5) is 0 Å². The predicted octanol–water partition coefficient (Wildman–Crippen LogP) is 11.1. The third-order valence-electron chi connectivity index (χ3n) is 9.71. The summed E-state index contributed by atoms with van der Waals surface area (Å²) in [4.78, 5) is 12.4. The highest BCUT2D eigenvalue weighted by Gasteiger charge is 2.26. The quantitative estimate of drug-likeness (QED) is 0.0509. The summed E-state index contributed by atoms with van der Waals surface area (Å²) in [6, 6.07) is -0.801. The van der Waals surface area contributed by atoms with Crippen LogP contribution in [0.15, 0.2) is 0 Å². The second-order valence-corrected chi connectivity index (χ2v) is 14.2. The molecular formula is C40H81NO4. The van der Waals surface area contributed by atoms with E-state index in [4.69, 9.17) is 0 Å². The number of nitrogens with one attached hydrogen (secondary N) is 1. The minimum absolute atomic E-state index is 0.142. The monoisotopic (exact) mass is 640 g/mol. The molecule has 3 atom stereocenters. The molecule has 0 aromatic rings. The normalized spacial score (nSPS) is 13.6. The lowest BCUT2D eigenvalue weighted by molar-refractivity contribution is -0.124. The Morgan fingerprint density at radius 2 is 0.756 bits per heavy atom. The lowest BCUT2D eigenvalue weighted by Gasteiger charge is -2.26. The van der Waals surface area contributed by atoms with Gasteiger partial charge in [0.2, 0.25) is 5.91 Å². The van der Waals surface area contributed by atoms with Crippen LogP contribution in [0, 0.1) is 0 Å². The van der Waals surface area contributed by atoms with Gasteiger partial charge in [0.05, 0.1) is 18.8 Å². The summed E-state index contributed by atoms with van der Waals surface area (Å²) < 4.78 is 0. The van der Waals surface area contributed by atoms with Crippen molar-refractivity contribution < 1.29 is 20.1 Å². The summed E-state index contributed by atoms with van der Waals surface area (Å²) >= 11 is 0. The van der Waals surface area contributed by atoms with Crippen molar-refractivity contribution in [3.8, 4) is 0 Å². The molecule has 0 rings (SSSR count). The van der Waals surface area contributed by atoms with Crippen molar-refractivity contribution in [3.63, 3.8) is 0 Å². The van der Waals surface area contributed by atoms with Crippen LogP contribution >= 0.6 is 0 Å². The lowest BCUT2D eigenvalue weighted by atomic mass is 9.99. The molecule has 0 aliphatic rings. The summed E-state index contributed by atoms with van der Waals surface area (Å²) in [7, 11) is 0. The molecule has 0 aliphatic heterocycles. The van der Waals surface area contributed by atoms with Crippen molar-refractivity contribution in [2.45, 2.75) is 244 Å². The summed E-state index contributed by atoms with van der Waals surface area (Å²) in [6.45, 7) is 4.18. The maximum Gasteiger partial charge on any atom is 0.220 e. The van der Waals surface area contributed by atoms with Gasteiger partial charge >= 0.3 is 0 Å². The first-order valence-electron chi connectivity index (χ1n) is 20.3. The molecule has 0 saturated carbocycles. The Hall–Kier alpha value is -0.650. The molecule has 0 heterocycles. The zero-order chi connectivity index (χ0) is 33.1. The Morgan fingerprint density at radius 1 is 0.467 bits per heavy atom. The van der Waals surface area contributed by atoms with E-state index < -0.39 is 18.2 Å². The van der Waals surface area contributed by atoms with Gasteiger partial charge < -0.3 is 20.6 Å². The Labute approximate surface area is 281 Å². The first-order chi connectivity index (χ1) is 22.1. The number of unbranched alkanes of at least 4 members (excludes halogenated alkanes) is 29. The molecule has 0 saturated heterocycles. The van der Waals surface area contributed by atoms with Gasteiger partial charge in [-0.25, -0.2) is 0 Å². The fourth-order valence-corrected chi connectivity index (χ4v) is 6.52. The van der Waals surface area contributed by atoms with E-state index in [9.17, 15) is 20.1 Å². The fraction of sp³-hybridized carbons (Fsp3) is 0.975. The van der Waals surface area contributed by atoms with Crippen LogP contribution in [0.2, 0.25) is 0 Å². The van der Waals surface area contributed by atoms with Gasteiger partial charge in [-0.15, -0.1) is 0 Å². The highest BCUT2D eigenvalue weighted by Crippen LogP contribution is 2.17. The summed E-state index contributed by atoms with van der Waals surface area (Å²) in [6.07, 6.45) is 39.1. The van der Waals surface area contributed by atoms with Gasteiger partial charge in [-0.3, -0.25) is 4.79 Å². The maximum atomic E-state index is 12.4. The van der Waals surface area contributed by atoms with Crippen molar-refractivity contribution in [1.29, 1.82) is 0 Å². The van der Waals surface area contributed by atoms with Gasteiger partial charge in [-0.2, -0.15) is 0 Å². The predicted molar refractivity (Wildman–Crippen MR) is 195 cm³/mol. The molecule has 270 valence electrons. The van der Waals surface area contributed by atoms with Crippen molar-refractivity contribution in [1.82, 2.24) is 5.32 Å². The topological polar surface area (TPSA) is 89.8 Å². The number of aliphatic hydroxyl groups excluding tert-OH is 3. The van der Waals surface area contributed by atoms with E-state index in [-0.39, 0.29) is 12.5 Å². The molecule has 0 aromatic carbocycles. The largest absolute Gasteiger partial charge is 0.394 e. The average Bonchev–Trinajstić information content (AvgIpc) is 3.04. The van der Waals surface area contributed by atoms with Crippen LogP contribution < -0.4 is 5.32 Å². The Bertz CT molecular complexity index is 587. The lowest BCUT2D eigenvalue weighted by Crippen LogP contribution is -2.50. The Kier molecular flexibility index (Phi) is 35.7. The molecule has 5 nitrogen and oxygen atoms in total. The summed E-state index contributed by atoms with van der Waals surface area (Å²) in [5.74, 6) is -0.142. The molecule has 5 heteroatoms. The van der Waals surface area contributed by atoms with Crippen LogP contribution in [0.25, 0.3) is 0 Å². The zero-order valence-corrected chi connectivity index (χ0v) is 30.5. The van der Waals surface area contributed by atoms with Crippen molar-refractivity contribution in [2.24, 2.45) is 0 Å². The van der Waals surface area contributed by atoms with Gasteiger partial charge in [0.25, 0.3) is 0 Å². The molecule has 0 bridgehead atoms. The number of carbonyl (C=O) groups is 1. The smallest absolute Gasteiger partial charge is 0.220 e. The second kappa shape index (κ2) is 36.2. The third-order valence-corrected chi connectivity index (χ3v) is 9.71. The van der Waals surface area contributed by atoms with Crippen LogP contribution in [-0.2, 0) is 4.79 Å². The maximum absolute atomic E-state index is 12.4. The van der Waals surface area contributed by atoms with Crippen LogP contribution in [0.3, 0.4) is 0 Å².